The van der Waals surface area contributed by atoms with Crippen molar-refractivity contribution in [1.29, 1.82) is 0 Å². The zero-order valence-electron chi connectivity index (χ0n) is 19.8. The molecule has 1 amide bonds. The number of benzene rings is 4. The van der Waals surface area contributed by atoms with E-state index < -0.39 is 35.5 Å². The Bertz CT molecular complexity index is 1550. The zero-order valence-corrected chi connectivity index (χ0v) is 19.8. The van der Waals surface area contributed by atoms with Crippen LogP contribution in [-0.2, 0) is 14.3 Å². The van der Waals surface area contributed by atoms with Gasteiger partial charge in [0.1, 0.15) is 12.0 Å². The Kier molecular flexibility index (Phi) is 5.94. The number of hydrogen-bond donors (Lipinski definition) is 1. The van der Waals surface area contributed by atoms with Crippen molar-refractivity contribution in [3.63, 3.8) is 0 Å². The smallest absolute Gasteiger partial charge is 0.339 e. The molecule has 0 unspecified atom stereocenters. The van der Waals surface area contributed by atoms with Crippen LogP contribution in [0.25, 0.3) is 10.8 Å². The minimum absolute atomic E-state index is 0.256. The Morgan fingerprint density at radius 1 is 0.806 bits per heavy atom. The van der Waals surface area contributed by atoms with E-state index in [0.29, 0.717) is 11.3 Å². The fourth-order valence-electron chi connectivity index (χ4n) is 4.49. The van der Waals surface area contributed by atoms with Crippen LogP contribution in [0.3, 0.4) is 0 Å². The minimum atomic E-state index is -1.54. The van der Waals surface area contributed by atoms with Gasteiger partial charge >= 0.3 is 5.97 Å². The van der Waals surface area contributed by atoms with Gasteiger partial charge in [0.15, 0.2) is 5.78 Å². The van der Waals surface area contributed by atoms with Crippen molar-refractivity contribution in [2.24, 2.45) is 5.92 Å². The van der Waals surface area contributed by atoms with Crippen molar-refractivity contribution >= 4 is 39.9 Å². The number of ether oxygens (including phenoxy) is 1. The molecule has 178 valence electrons. The highest BCUT2D eigenvalue weighted by atomic mass is 16.5. The number of esters is 1. The molecule has 0 fully saturated rings. The molecule has 4 aromatic rings. The molecule has 5 rings (SSSR count). The van der Waals surface area contributed by atoms with Gasteiger partial charge in [-0.2, -0.15) is 0 Å². The maximum atomic E-state index is 13.8. The van der Waals surface area contributed by atoms with Gasteiger partial charge in [-0.05, 0) is 60.0 Å². The molecule has 0 bridgehead atoms. The van der Waals surface area contributed by atoms with Gasteiger partial charge in [-0.25, -0.2) is 4.79 Å². The van der Waals surface area contributed by atoms with E-state index in [-0.39, 0.29) is 11.1 Å². The van der Waals surface area contributed by atoms with Crippen LogP contribution < -0.4 is 5.32 Å². The Morgan fingerprint density at radius 3 is 2.31 bits per heavy atom. The average Bonchev–Trinajstić information content (AvgIpc) is 3.22. The lowest BCUT2D eigenvalue weighted by atomic mass is 9.84. The van der Waals surface area contributed by atoms with Gasteiger partial charge in [0, 0.05) is 16.8 Å². The number of Topliss-reactive ketones (excluding diaryl/α,β-unsaturated/α-hetero) is 2. The molecule has 0 aliphatic carbocycles. The first kappa shape index (κ1) is 23.2. The molecular formula is C30H23NO5. The first-order chi connectivity index (χ1) is 17.3. The average molecular weight is 478 g/mol. The first-order valence-electron chi connectivity index (χ1n) is 11.6. The van der Waals surface area contributed by atoms with E-state index in [0.717, 1.165) is 21.9 Å². The molecule has 0 aromatic heterocycles. The second kappa shape index (κ2) is 9.23. The number of fused-ring (bicyclic) bond motifs is 2. The van der Waals surface area contributed by atoms with E-state index in [1.165, 1.54) is 0 Å². The van der Waals surface area contributed by atoms with E-state index in [1.54, 1.807) is 54.6 Å². The Hall–Kier alpha value is -4.58. The van der Waals surface area contributed by atoms with Gasteiger partial charge in [-0.15, -0.1) is 0 Å². The van der Waals surface area contributed by atoms with Crippen molar-refractivity contribution in [3.05, 3.63) is 113 Å². The SMILES string of the molecule is Cc1ccc(NC(=O)C(=O)[C@H](C(=O)c2ccc3ccccc3c2)[C@@H]2OC(=O)c3ccccc32)cc1C. The second-order valence-corrected chi connectivity index (χ2v) is 8.93. The summed E-state index contributed by atoms with van der Waals surface area (Å²) in [6, 6.07) is 24.5. The van der Waals surface area contributed by atoms with Crippen LogP contribution in [0.2, 0.25) is 0 Å². The molecule has 36 heavy (non-hydrogen) atoms. The maximum Gasteiger partial charge on any atom is 0.339 e. The molecule has 4 aromatic carbocycles. The Balaban J connectivity index is 1.54. The number of cyclic esters (lactones) is 1. The Labute approximate surface area is 207 Å². The monoisotopic (exact) mass is 477 g/mol. The summed E-state index contributed by atoms with van der Waals surface area (Å²) in [5.74, 6) is -4.67. The summed E-state index contributed by atoms with van der Waals surface area (Å²) >= 11 is 0. The topological polar surface area (TPSA) is 89.5 Å². The molecule has 2 atom stereocenters. The van der Waals surface area contributed by atoms with Gasteiger partial charge in [0.2, 0.25) is 5.78 Å². The number of hydrogen-bond acceptors (Lipinski definition) is 5. The van der Waals surface area contributed by atoms with E-state index >= 15 is 0 Å². The summed E-state index contributed by atoms with van der Waals surface area (Å²) in [5, 5.41) is 4.35. The number of anilines is 1. The molecule has 0 radical (unpaired) electrons. The minimum Gasteiger partial charge on any atom is -0.453 e. The van der Waals surface area contributed by atoms with Crippen LogP contribution >= 0.6 is 0 Å². The van der Waals surface area contributed by atoms with Crippen molar-refractivity contribution in [2.45, 2.75) is 20.0 Å². The van der Waals surface area contributed by atoms with Crippen molar-refractivity contribution < 1.29 is 23.9 Å². The lowest BCUT2D eigenvalue weighted by Crippen LogP contribution is -2.38. The third-order valence-electron chi connectivity index (χ3n) is 6.61. The number of carbonyl (C=O) groups excluding carboxylic acids is 4. The van der Waals surface area contributed by atoms with E-state index in [2.05, 4.69) is 5.32 Å². The molecular weight excluding hydrogens is 454 g/mol. The van der Waals surface area contributed by atoms with Gasteiger partial charge < -0.3 is 10.1 Å². The summed E-state index contributed by atoms with van der Waals surface area (Å²) < 4.78 is 5.52. The summed E-state index contributed by atoms with van der Waals surface area (Å²) in [5.41, 5.74) is 3.37. The first-order valence-corrected chi connectivity index (χ1v) is 11.6. The van der Waals surface area contributed by atoms with Crippen LogP contribution in [0.15, 0.2) is 84.9 Å². The van der Waals surface area contributed by atoms with Gasteiger partial charge in [-0.1, -0.05) is 60.7 Å². The second-order valence-electron chi connectivity index (χ2n) is 8.93. The van der Waals surface area contributed by atoms with Crippen LogP contribution in [-0.4, -0.2) is 23.4 Å². The summed E-state index contributed by atoms with van der Waals surface area (Å²) in [7, 11) is 0. The molecule has 6 nitrogen and oxygen atoms in total. The van der Waals surface area contributed by atoms with Gasteiger partial charge in [-0.3, -0.25) is 14.4 Å². The summed E-state index contributed by atoms with van der Waals surface area (Å²) in [6.07, 6.45) is -1.20. The van der Waals surface area contributed by atoms with Crippen molar-refractivity contribution in [3.8, 4) is 0 Å². The molecule has 1 aliphatic heterocycles. The quantitative estimate of drug-likeness (QED) is 0.174. The molecule has 0 spiro atoms. The van der Waals surface area contributed by atoms with E-state index in [4.69, 9.17) is 4.74 Å². The highest BCUT2D eigenvalue weighted by molar-refractivity contribution is 6.45. The maximum absolute atomic E-state index is 13.8. The normalized spacial score (nSPS) is 15.2. The van der Waals surface area contributed by atoms with Crippen LogP contribution in [0.1, 0.15) is 43.5 Å². The predicted octanol–water partition coefficient (Wildman–Crippen LogP) is 5.38. The number of rotatable bonds is 6. The van der Waals surface area contributed by atoms with Crippen LogP contribution in [0.5, 0.6) is 0 Å². The van der Waals surface area contributed by atoms with Crippen LogP contribution in [0.4, 0.5) is 5.69 Å². The fourth-order valence-corrected chi connectivity index (χ4v) is 4.49. The van der Waals surface area contributed by atoms with Crippen molar-refractivity contribution in [2.75, 3.05) is 5.32 Å². The highest BCUT2D eigenvalue weighted by Crippen LogP contribution is 2.38. The molecule has 1 N–H and O–H groups in total. The van der Waals surface area contributed by atoms with E-state index in [1.807, 2.05) is 44.2 Å². The van der Waals surface area contributed by atoms with Gasteiger partial charge in [0.25, 0.3) is 5.91 Å². The molecule has 1 aliphatic rings. The molecule has 0 saturated heterocycles. The zero-order chi connectivity index (χ0) is 25.4. The lowest BCUT2D eigenvalue weighted by molar-refractivity contribution is -0.138. The van der Waals surface area contributed by atoms with Crippen LogP contribution in [0, 0.1) is 19.8 Å². The predicted molar refractivity (Wildman–Crippen MR) is 136 cm³/mol. The number of ketones is 2. The third kappa shape index (κ3) is 4.18. The lowest BCUT2D eigenvalue weighted by Gasteiger charge is -2.21. The van der Waals surface area contributed by atoms with Crippen molar-refractivity contribution in [1.82, 2.24) is 0 Å². The highest BCUT2D eigenvalue weighted by Gasteiger charge is 2.46. The largest absolute Gasteiger partial charge is 0.453 e. The Morgan fingerprint density at radius 2 is 1.53 bits per heavy atom. The summed E-state index contributed by atoms with van der Waals surface area (Å²) in [6.45, 7) is 3.84. The number of aryl methyl sites for hydroxylation is 2. The number of nitrogens with one attached hydrogen (secondary N) is 1. The molecule has 6 heteroatoms. The number of amides is 1. The molecule has 0 saturated carbocycles. The number of carbonyl (C=O) groups is 4. The third-order valence-corrected chi connectivity index (χ3v) is 6.61. The fraction of sp³-hybridized carbons (Fsp3) is 0.133. The summed E-state index contributed by atoms with van der Waals surface area (Å²) in [4.78, 5) is 53.0. The standard InChI is InChI=1S/C30H23NO5/c1-17-11-14-22(15-18(17)2)31-29(34)27(33)25(28-23-9-5-6-10-24(23)30(35)36-28)26(32)21-13-12-19-7-3-4-8-20(19)16-21/h3-16,25,28H,1-2H3,(H,31,34)/t25-,28+/m0/s1. The van der Waals surface area contributed by atoms with E-state index in [9.17, 15) is 19.2 Å². The van der Waals surface area contributed by atoms with Gasteiger partial charge in [0.05, 0.1) is 5.56 Å². The molecule has 1 heterocycles.